The summed E-state index contributed by atoms with van der Waals surface area (Å²) in [6, 6.07) is 13.6. The molecule has 0 saturated carbocycles. The van der Waals surface area contributed by atoms with E-state index in [2.05, 4.69) is 32.2 Å². The van der Waals surface area contributed by atoms with Crippen LogP contribution in [-0.4, -0.2) is 37.0 Å². The van der Waals surface area contributed by atoms with Gasteiger partial charge >= 0.3 is 0 Å². The van der Waals surface area contributed by atoms with Crippen molar-refractivity contribution in [2.24, 2.45) is 0 Å². The first-order valence-corrected chi connectivity index (χ1v) is 9.34. The molecule has 6 heteroatoms. The Hall–Kier alpha value is -1.40. The second-order valence-corrected chi connectivity index (χ2v) is 7.43. The second kappa shape index (κ2) is 8.32. The van der Waals surface area contributed by atoms with Crippen molar-refractivity contribution in [2.75, 3.05) is 31.6 Å². The molecular formula is C19H20BrClN2O2. The predicted octanol–water partition coefficient (Wildman–Crippen LogP) is 4.42. The van der Waals surface area contributed by atoms with E-state index in [9.17, 15) is 4.79 Å². The Balaban J connectivity index is 1.60. The molecule has 0 bridgehead atoms. The zero-order chi connectivity index (χ0) is 17.8. The quantitative estimate of drug-likeness (QED) is 0.791. The Morgan fingerprint density at radius 3 is 2.96 bits per heavy atom. The lowest BCUT2D eigenvalue weighted by Gasteiger charge is -2.32. The fraction of sp³-hybridized carbons (Fsp3) is 0.316. The zero-order valence-corrected chi connectivity index (χ0v) is 16.3. The molecule has 2 aromatic rings. The van der Waals surface area contributed by atoms with Gasteiger partial charge in [0.2, 0.25) is 5.91 Å². The maximum absolute atomic E-state index is 12.4. The van der Waals surface area contributed by atoms with Crippen molar-refractivity contribution in [3.8, 4) is 0 Å². The van der Waals surface area contributed by atoms with Crippen LogP contribution in [0.2, 0.25) is 5.02 Å². The van der Waals surface area contributed by atoms with Crippen LogP contribution >= 0.6 is 27.5 Å². The SMILES string of the molecule is Cc1c(Cl)cccc1NC(=O)CN1CCOC(c2cccc(Br)c2)C1. The lowest BCUT2D eigenvalue weighted by atomic mass is 10.1. The van der Waals surface area contributed by atoms with Crippen molar-refractivity contribution in [1.29, 1.82) is 0 Å². The van der Waals surface area contributed by atoms with Crippen molar-refractivity contribution in [2.45, 2.75) is 13.0 Å². The van der Waals surface area contributed by atoms with E-state index in [4.69, 9.17) is 16.3 Å². The van der Waals surface area contributed by atoms with Gasteiger partial charge in [0.05, 0.1) is 19.3 Å². The molecule has 1 unspecified atom stereocenters. The molecular weight excluding hydrogens is 404 g/mol. The highest BCUT2D eigenvalue weighted by atomic mass is 79.9. The highest BCUT2D eigenvalue weighted by Crippen LogP contribution is 2.25. The van der Waals surface area contributed by atoms with Crippen LogP contribution in [0.25, 0.3) is 0 Å². The fourth-order valence-corrected chi connectivity index (χ4v) is 3.48. The first kappa shape index (κ1) is 18.4. The summed E-state index contributed by atoms with van der Waals surface area (Å²) in [7, 11) is 0. The third-order valence-electron chi connectivity index (χ3n) is 4.28. The Labute approximate surface area is 161 Å². The normalized spacial score (nSPS) is 18.1. The highest BCUT2D eigenvalue weighted by Gasteiger charge is 2.23. The molecule has 25 heavy (non-hydrogen) atoms. The van der Waals surface area contributed by atoms with Gasteiger partial charge in [-0.2, -0.15) is 0 Å². The van der Waals surface area contributed by atoms with Crippen molar-refractivity contribution in [3.05, 3.63) is 63.1 Å². The summed E-state index contributed by atoms with van der Waals surface area (Å²) in [5, 5.41) is 3.60. The lowest BCUT2D eigenvalue weighted by Crippen LogP contribution is -2.42. The average molecular weight is 424 g/mol. The molecule has 1 N–H and O–H groups in total. The van der Waals surface area contributed by atoms with Crippen molar-refractivity contribution >= 4 is 39.1 Å². The fourth-order valence-electron chi connectivity index (χ4n) is 2.89. The number of hydrogen-bond acceptors (Lipinski definition) is 3. The van der Waals surface area contributed by atoms with Gasteiger partial charge in [-0.05, 0) is 42.3 Å². The molecule has 1 heterocycles. The standard InChI is InChI=1S/C19H20BrClN2O2/c1-13-16(21)6-3-7-17(13)22-19(24)12-23-8-9-25-18(11-23)14-4-2-5-15(20)10-14/h2-7,10,18H,8-9,11-12H2,1H3,(H,22,24). The number of benzene rings is 2. The molecule has 0 aliphatic carbocycles. The molecule has 4 nitrogen and oxygen atoms in total. The van der Waals surface area contributed by atoms with Gasteiger partial charge in [-0.1, -0.05) is 45.7 Å². The van der Waals surface area contributed by atoms with E-state index in [-0.39, 0.29) is 12.0 Å². The summed E-state index contributed by atoms with van der Waals surface area (Å²) in [4.78, 5) is 14.5. The molecule has 1 atom stereocenters. The van der Waals surface area contributed by atoms with Crippen LogP contribution in [-0.2, 0) is 9.53 Å². The monoisotopic (exact) mass is 422 g/mol. The number of morpholine rings is 1. The van der Waals surface area contributed by atoms with E-state index < -0.39 is 0 Å². The Morgan fingerprint density at radius 2 is 2.16 bits per heavy atom. The van der Waals surface area contributed by atoms with Crippen LogP contribution < -0.4 is 5.32 Å². The number of nitrogens with zero attached hydrogens (tertiary/aromatic N) is 1. The van der Waals surface area contributed by atoms with Gasteiger partial charge in [-0.25, -0.2) is 0 Å². The molecule has 2 aromatic carbocycles. The van der Waals surface area contributed by atoms with Crippen LogP contribution in [0.4, 0.5) is 5.69 Å². The first-order chi connectivity index (χ1) is 12.0. The molecule has 132 valence electrons. The van der Waals surface area contributed by atoms with Crippen molar-refractivity contribution in [1.82, 2.24) is 4.90 Å². The average Bonchev–Trinajstić information content (AvgIpc) is 2.59. The van der Waals surface area contributed by atoms with Crippen LogP contribution in [0, 0.1) is 6.92 Å². The number of carbonyl (C=O) groups excluding carboxylic acids is 1. The number of amides is 1. The highest BCUT2D eigenvalue weighted by molar-refractivity contribution is 9.10. The van der Waals surface area contributed by atoms with Gasteiger partial charge in [-0.15, -0.1) is 0 Å². The third-order valence-corrected chi connectivity index (χ3v) is 5.18. The zero-order valence-electron chi connectivity index (χ0n) is 14.0. The Morgan fingerprint density at radius 1 is 1.36 bits per heavy atom. The van der Waals surface area contributed by atoms with Gasteiger partial charge in [0, 0.05) is 28.3 Å². The molecule has 1 aliphatic heterocycles. The molecule has 3 rings (SSSR count). The third kappa shape index (κ3) is 4.82. The Kier molecular flexibility index (Phi) is 6.12. The lowest BCUT2D eigenvalue weighted by molar-refractivity contribution is -0.119. The number of nitrogens with one attached hydrogen (secondary N) is 1. The number of rotatable bonds is 4. The smallest absolute Gasteiger partial charge is 0.238 e. The van der Waals surface area contributed by atoms with Gasteiger partial charge in [-0.3, -0.25) is 9.69 Å². The predicted molar refractivity (Wildman–Crippen MR) is 104 cm³/mol. The largest absolute Gasteiger partial charge is 0.371 e. The van der Waals surface area contributed by atoms with Gasteiger partial charge in [0.1, 0.15) is 0 Å². The summed E-state index contributed by atoms with van der Waals surface area (Å²) in [5.41, 5.74) is 2.76. The van der Waals surface area contributed by atoms with E-state index in [1.807, 2.05) is 43.3 Å². The van der Waals surface area contributed by atoms with Crippen LogP contribution in [0.15, 0.2) is 46.9 Å². The summed E-state index contributed by atoms with van der Waals surface area (Å²) < 4.78 is 6.90. The van der Waals surface area contributed by atoms with E-state index in [0.29, 0.717) is 24.7 Å². The maximum atomic E-state index is 12.4. The number of ether oxygens (including phenoxy) is 1. The molecule has 1 saturated heterocycles. The summed E-state index contributed by atoms with van der Waals surface area (Å²) in [6.45, 7) is 4.28. The van der Waals surface area contributed by atoms with E-state index in [1.54, 1.807) is 0 Å². The summed E-state index contributed by atoms with van der Waals surface area (Å²) in [6.07, 6.45) is -0.0213. The second-order valence-electron chi connectivity index (χ2n) is 6.11. The molecule has 0 spiro atoms. The molecule has 0 radical (unpaired) electrons. The molecule has 1 fully saturated rings. The van der Waals surface area contributed by atoms with E-state index in [0.717, 1.165) is 27.8 Å². The summed E-state index contributed by atoms with van der Waals surface area (Å²) >= 11 is 9.60. The Bertz CT molecular complexity index is 769. The minimum absolute atomic E-state index is 0.0213. The summed E-state index contributed by atoms with van der Waals surface area (Å²) in [5.74, 6) is -0.0414. The molecule has 1 amide bonds. The van der Waals surface area contributed by atoms with Crippen molar-refractivity contribution < 1.29 is 9.53 Å². The van der Waals surface area contributed by atoms with Gasteiger partial charge in [0.15, 0.2) is 0 Å². The first-order valence-electron chi connectivity index (χ1n) is 8.17. The van der Waals surface area contributed by atoms with Crippen molar-refractivity contribution in [3.63, 3.8) is 0 Å². The molecule has 0 aromatic heterocycles. The topological polar surface area (TPSA) is 41.6 Å². The van der Waals surface area contributed by atoms with E-state index >= 15 is 0 Å². The van der Waals surface area contributed by atoms with Crippen LogP contribution in [0.5, 0.6) is 0 Å². The molecule has 1 aliphatic rings. The number of hydrogen-bond donors (Lipinski definition) is 1. The number of carbonyl (C=O) groups is 1. The minimum atomic E-state index is -0.0414. The van der Waals surface area contributed by atoms with Gasteiger partial charge in [0.25, 0.3) is 0 Å². The number of anilines is 1. The maximum Gasteiger partial charge on any atom is 0.238 e. The van der Waals surface area contributed by atoms with Crippen LogP contribution in [0.1, 0.15) is 17.2 Å². The van der Waals surface area contributed by atoms with E-state index in [1.165, 1.54) is 0 Å². The number of halogens is 2. The van der Waals surface area contributed by atoms with Gasteiger partial charge < -0.3 is 10.1 Å². The minimum Gasteiger partial charge on any atom is -0.371 e. The van der Waals surface area contributed by atoms with Crippen LogP contribution in [0.3, 0.4) is 0 Å².